The van der Waals surface area contributed by atoms with Crippen molar-refractivity contribution < 1.29 is 17.9 Å². The van der Waals surface area contributed by atoms with Gasteiger partial charge in [-0.05, 0) is 48.9 Å². The minimum Gasteiger partial charge on any atom is -0.378 e. The molecule has 9 heteroatoms. The maximum atomic E-state index is 12.5. The van der Waals surface area contributed by atoms with Gasteiger partial charge in [-0.1, -0.05) is 17.7 Å². The first kappa shape index (κ1) is 21.4. The number of benzene rings is 2. The summed E-state index contributed by atoms with van der Waals surface area (Å²) in [7, 11) is -3.67. The highest BCUT2D eigenvalue weighted by atomic mass is 35.5. The maximum absolute atomic E-state index is 12.5. The highest BCUT2D eigenvalue weighted by Gasteiger charge is 2.23. The summed E-state index contributed by atoms with van der Waals surface area (Å²) < 4.78 is 31.0. The van der Waals surface area contributed by atoms with Gasteiger partial charge in [-0.2, -0.15) is 0 Å². The molecule has 2 aromatic rings. The molecule has 156 valence electrons. The fourth-order valence-electron chi connectivity index (χ4n) is 3.14. The molecule has 1 amide bonds. The Hall–Kier alpha value is -2.29. The average Bonchev–Trinajstić information content (AvgIpc) is 2.68. The number of morpholine rings is 1. The van der Waals surface area contributed by atoms with E-state index < -0.39 is 15.9 Å². The number of hydrogen-bond acceptors (Lipinski definition) is 5. The molecule has 0 radical (unpaired) electrons. The number of sulfonamides is 1. The van der Waals surface area contributed by atoms with Crippen LogP contribution in [0.15, 0.2) is 42.5 Å². The summed E-state index contributed by atoms with van der Waals surface area (Å²) in [6, 6.07) is 12.4. The summed E-state index contributed by atoms with van der Waals surface area (Å²) in [4.78, 5) is 14.8. The topological polar surface area (TPSA) is 79.0 Å². The largest absolute Gasteiger partial charge is 0.378 e. The van der Waals surface area contributed by atoms with Crippen LogP contribution < -0.4 is 14.5 Å². The van der Waals surface area contributed by atoms with E-state index in [9.17, 15) is 13.2 Å². The Balaban J connectivity index is 1.71. The summed E-state index contributed by atoms with van der Waals surface area (Å²) >= 11 is 6.02. The van der Waals surface area contributed by atoms with E-state index in [-0.39, 0.29) is 6.54 Å². The summed E-state index contributed by atoms with van der Waals surface area (Å²) in [6.45, 7) is 4.48. The molecule has 1 aliphatic rings. The van der Waals surface area contributed by atoms with Gasteiger partial charge in [0.2, 0.25) is 15.9 Å². The lowest BCUT2D eigenvalue weighted by molar-refractivity contribution is -0.114. The molecule has 1 fully saturated rings. The molecule has 0 aliphatic carbocycles. The molecule has 1 heterocycles. The van der Waals surface area contributed by atoms with Gasteiger partial charge < -0.3 is 15.0 Å². The summed E-state index contributed by atoms with van der Waals surface area (Å²) in [5.41, 5.74) is 2.75. The molecule has 29 heavy (non-hydrogen) atoms. The van der Waals surface area contributed by atoms with Crippen LogP contribution >= 0.6 is 11.6 Å². The Bertz CT molecular complexity index is 974. The Morgan fingerprint density at radius 1 is 1.17 bits per heavy atom. The van der Waals surface area contributed by atoms with Crippen molar-refractivity contribution in [1.82, 2.24) is 0 Å². The number of anilines is 3. The van der Waals surface area contributed by atoms with E-state index in [1.165, 1.54) is 0 Å². The van der Waals surface area contributed by atoms with Crippen molar-refractivity contribution in [2.45, 2.75) is 6.92 Å². The zero-order valence-corrected chi connectivity index (χ0v) is 18.0. The molecule has 2 aromatic carbocycles. The van der Waals surface area contributed by atoms with Crippen LogP contribution in [0.2, 0.25) is 5.02 Å². The van der Waals surface area contributed by atoms with Gasteiger partial charge in [-0.25, -0.2) is 8.42 Å². The van der Waals surface area contributed by atoms with E-state index in [0.29, 0.717) is 35.2 Å². The first-order valence-electron chi connectivity index (χ1n) is 9.20. The van der Waals surface area contributed by atoms with Crippen molar-refractivity contribution in [1.29, 1.82) is 0 Å². The van der Waals surface area contributed by atoms with E-state index in [1.54, 1.807) is 37.3 Å². The van der Waals surface area contributed by atoms with Gasteiger partial charge in [0.1, 0.15) is 6.54 Å². The van der Waals surface area contributed by atoms with E-state index in [2.05, 4.69) is 10.2 Å². The summed E-state index contributed by atoms with van der Waals surface area (Å²) in [6.07, 6.45) is 1.07. The van der Waals surface area contributed by atoms with Gasteiger partial charge in [-0.3, -0.25) is 9.10 Å². The molecule has 0 saturated carbocycles. The molecular formula is C20H24ClN3O4S. The molecular weight excluding hydrogens is 414 g/mol. The molecule has 0 atom stereocenters. The van der Waals surface area contributed by atoms with Crippen LogP contribution in [-0.2, 0) is 19.6 Å². The standard InChI is InChI=1S/C20H24ClN3O4S/c1-15-3-4-16(21)13-19(15)24(29(2,26)27)14-20(25)22-17-5-7-18(8-6-17)23-9-11-28-12-10-23/h3-8,13H,9-12,14H2,1-2H3,(H,22,25). The first-order chi connectivity index (χ1) is 13.7. The van der Waals surface area contributed by atoms with Gasteiger partial charge in [0, 0.05) is 29.5 Å². The van der Waals surface area contributed by atoms with Crippen LogP contribution in [0.4, 0.5) is 17.1 Å². The van der Waals surface area contributed by atoms with E-state index in [0.717, 1.165) is 29.3 Å². The van der Waals surface area contributed by atoms with Crippen LogP contribution in [0.25, 0.3) is 0 Å². The monoisotopic (exact) mass is 437 g/mol. The van der Waals surface area contributed by atoms with Crippen LogP contribution in [0.5, 0.6) is 0 Å². The Morgan fingerprint density at radius 3 is 2.45 bits per heavy atom. The summed E-state index contributed by atoms with van der Waals surface area (Å²) in [5, 5.41) is 3.16. The molecule has 7 nitrogen and oxygen atoms in total. The normalized spacial score (nSPS) is 14.5. The van der Waals surface area contributed by atoms with Gasteiger partial charge in [0.05, 0.1) is 25.2 Å². The molecule has 1 saturated heterocycles. The summed E-state index contributed by atoms with van der Waals surface area (Å²) in [5.74, 6) is -0.436. The second kappa shape index (κ2) is 9.02. The van der Waals surface area contributed by atoms with Gasteiger partial charge in [0.25, 0.3) is 0 Å². The number of rotatable bonds is 6. The van der Waals surface area contributed by atoms with E-state index in [1.807, 2.05) is 12.1 Å². The van der Waals surface area contributed by atoms with Gasteiger partial charge in [-0.15, -0.1) is 0 Å². The molecule has 1 aliphatic heterocycles. The molecule has 0 spiro atoms. The molecule has 3 rings (SSSR count). The third-order valence-electron chi connectivity index (χ3n) is 4.65. The van der Waals surface area contributed by atoms with Crippen molar-refractivity contribution in [3.8, 4) is 0 Å². The predicted molar refractivity (Wildman–Crippen MR) is 116 cm³/mol. The van der Waals surface area contributed by atoms with Crippen LogP contribution in [-0.4, -0.2) is 53.4 Å². The Labute approximate surface area is 176 Å². The number of ether oxygens (including phenoxy) is 1. The number of hydrogen-bond donors (Lipinski definition) is 1. The lowest BCUT2D eigenvalue weighted by atomic mass is 10.2. The van der Waals surface area contributed by atoms with Gasteiger partial charge >= 0.3 is 0 Å². The quantitative estimate of drug-likeness (QED) is 0.751. The number of aryl methyl sites for hydroxylation is 1. The Morgan fingerprint density at radius 2 is 1.83 bits per heavy atom. The van der Waals surface area contributed by atoms with Crippen molar-refractivity contribution in [2.75, 3.05) is 53.6 Å². The molecule has 0 aromatic heterocycles. The molecule has 1 N–H and O–H groups in total. The van der Waals surface area contributed by atoms with E-state index in [4.69, 9.17) is 16.3 Å². The maximum Gasteiger partial charge on any atom is 0.245 e. The fourth-order valence-corrected chi connectivity index (χ4v) is 4.21. The van der Waals surface area contributed by atoms with Gasteiger partial charge in [0.15, 0.2) is 0 Å². The SMILES string of the molecule is Cc1ccc(Cl)cc1N(CC(=O)Nc1ccc(N2CCOCC2)cc1)S(C)(=O)=O. The van der Waals surface area contributed by atoms with Crippen LogP contribution in [0, 0.1) is 6.92 Å². The highest BCUT2D eigenvalue weighted by Crippen LogP contribution is 2.26. The van der Waals surface area contributed by atoms with E-state index >= 15 is 0 Å². The predicted octanol–water partition coefficient (Wildman–Crippen LogP) is 2.89. The number of amides is 1. The second-order valence-corrected chi connectivity index (χ2v) is 9.24. The van der Waals surface area contributed by atoms with Crippen LogP contribution in [0.1, 0.15) is 5.56 Å². The smallest absolute Gasteiger partial charge is 0.245 e. The third kappa shape index (κ3) is 5.62. The average molecular weight is 438 g/mol. The first-order valence-corrected chi connectivity index (χ1v) is 11.4. The fraction of sp³-hybridized carbons (Fsp3) is 0.350. The van der Waals surface area contributed by atoms with Crippen molar-refractivity contribution >= 4 is 44.6 Å². The minimum atomic E-state index is -3.67. The number of nitrogens with one attached hydrogen (secondary N) is 1. The number of halogens is 1. The number of carbonyl (C=O) groups is 1. The zero-order chi connectivity index (χ0) is 21.0. The molecule has 0 bridgehead atoms. The second-order valence-electron chi connectivity index (χ2n) is 6.89. The molecule has 0 unspecified atom stereocenters. The number of carbonyl (C=O) groups excluding carboxylic acids is 1. The lowest BCUT2D eigenvalue weighted by Crippen LogP contribution is -2.38. The van der Waals surface area contributed by atoms with Crippen molar-refractivity contribution in [3.63, 3.8) is 0 Å². The zero-order valence-electron chi connectivity index (χ0n) is 16.4. The Kier molecular flexibility index (Phi) is 6.66. The van der Waals surface area contributed by atoms with Crippen LogP contribution in [0.3, 0.4) is 0 Å². The van der Waals surface area contributed by atoms with Crippen molar-refractivity contribution in [2.24, 2.45) is 0 Å². The lowest BCUT2D eigenvalue weighted by Gasteiger charge is -2.29. The number of nitrogens with zero attached hydrogens (tertiary/aromatic N) is 2. The third-order valence-corrected chi connectivity index (χ3v) is 6.02. The highest BCUT2D eigenvalue weighted by molar-refractivity contribution is 7.92. The minimum absolute atomic E-state index is 0.342. The van der Waals surface area contributed by atoms with Crippen molar-refractivity contribution in [3.05, 3.63) is 53.1 Å².